The van der Waals surface area contributed by atoms with Crippen LogP contribution >= 0.6 is 11.6 Å². The Labute approximate surface area is 124 Å². The summed E-state index contributed by atoms with van der Waals surface area (Å²) in [7, 11) is 1.61. The quantitative estimate of drug-likeness (QED) is 0.858. The summed E-state index contributed by atoms with van der Waals surface area (Å²) in [5.41, 5.74) is 2.07. The molecule has 0 atom stereocenters. The molecular formula is C16H18ClNO2. The molecule has 20 heavy (non-hydrogen) atoms. The van der Waals surface area contributed by atoms with Gasteiger partial charge >= 0.3 is 0 Å². The first-order chi connectivity index (χ1) is 9.74. The zero-order valence-corrected chi connectivity index (χ0v) is 12.4. The van der Waals surface area contributed by atoms with E-state index in [1.807, 2.05) is 49.4 Å². The lowest BCUT2D eigenvalue weighted by molar-refractivity contribution is 0.337. The third-order valence-electron chi connectivity index (χ3n) is 2.91. The van der Waals surface area contributed by atoms with Gasteiger partial charge in [-0.1, -0.05) is 29.8 Å². The number of hydrogen-bond acceptors (Lipinski definition) is 3. The Morgan fingerprint density at radius 2 is 1.90 bits per heavy atom. The Morgan fingerprint density at radius 3 is 2.65 bits per heavy atom. The van der Waals surface area contributed by atoms with Crippen LogP contribution < -0.4 is 14.8 Å². The average molecular weight is 292 g/mol. The molecule has 2 rings (SSSR count). The molecule has 2 aromatic carbocycles. The van der Waals surface area contributed by atoms with Crippen LogP contribution in [-0.2, 0) is 6.54 Å². The molecule has 0 fully saturated rings. The zero-order chi connectivity index (χ0) is 14.4. The van der Waals surface area contributed by atoms with Crippen LogP contribution in [0.2, 0.25) is 5.02 Å². The minimum atomic E-state index is 0.604. The van der Waals surface area contributed by atoms with Gasteiger partial charge in [-0.25, -0.2) is 0 Å². The summed E-state index contributed by atoms with van der Waals surface area (Å²) < 4.78 is 10.8. The maximum Gasteiger partial charge on any atom is 0.139 e. The lowest BCUT2D eigenvalue weighted by Crippen LogP contribution is -2.03. The van der Waals surface area contributed by atoms with Crippen LogP contribution in [0.5, 0.6) is 11.5 Å². The van der Waals surface area contributed by atoms with Crippen LogP contribution in [0.3, 0.4) is 0 Å². The van der Waals surface area contributed by atoms with Crippen molar-refractivity contribution < 1.29 is 9.47 Å². The topological polar surface area (TPSA) is 30.5 Å². The second-order valence-corrected chi connectivity index (χ2v) is 4.65. The lowest BCUT2D eigenvalue weighted by Gasteiger charge is -2.12. The van der Waals surface area contributed by atoms with E-state index < -0.39 is 0 Å². The maximum atomic E-state index is 6.01. The highest BCUT2D eigenvalue weighted by atomic mass is 35.5. The van der Waals surface area contributed by atoms with E-state index in [-0.39, 0.29) is 0 Å². The molecular weight excluding hydrogens is 274 g/mol. The normalized spacial score (nSPS) is 10.2. The molecule has 0 saturated carbocycles. The van der Waals surface area contributed by atoms with Crippen molar-refractivity contribution in [2.24, 2.45) is 0 Å². The summed E-state index contributed by atoms with van der Waals surface area (Å²) in [5, 5.41) is 3.95. The molecule has 0 aliphatic rings. The predicted molar refractivity (Wildman–Crippen MR) is 82.9 cm³/mol. The minimum Gasteiger partial charge on any atom is -0.495 e. The van der Waals surface area contributed by atoms with Crippen LogP contribution in [0, 0.1) is 0 Å². The zero-order valence-electron chi connectivity index (χ0n) is 11.7. The van der Waals surface area contributed by atoms with Crippen molar-refractivity contribution in [1.82, 2.24) is 0 Å². The van der Waals surface area contributed by atoms with Gasteiger partial charge in [0, 0.05) is 23.9 Å². The second-order valence-electron chi connectivity index (χ2n) is 4.24. The van der Waals surface area contributed by atoms with Crippen molar-refractivity contribution in [3.63, 3.8) is 0 Å². The lowest BCUT2D eigenvalue weighted by atomic mass is 10.2. The largest absolute Gasteiger partial charge is 0.495 e. The smallest absolute Gasteiger partial charge is 0.139 e. The van der Waals surface area contributed by atoms with Gasteiger partial charge in [0.15, 0.2) is 0 Å². The second kappa shape index (κ2) is 7.06. The first kappa shape index (κ1) is 14.5. The number of rotatable bonds is 6. The Hall–Kier alpha value is -1.87. The van der Waals surface area contributed by atoms with Crippen molar-refractivity contribution in [2.75, 3.05) is 19.0 Å². The summed E-state index contributed by atoms with van der Waals surface area (Å²) >= 11 is 6.01. The average Bonchev–Trinajstić information content (AvgIpc) is 2.48. The van der Waals surface area contributed by atoms with Crippen molar-refractivity contribution in [1.29, 1.82) is 0 Å². The van der Waals surface area contributed by atoms with E-state index in [1.165, 1.54) is 0 Å². The van der Waals surface area contributed by atoms with Gasteiger partial charge in [-0.15, -0.1) is 0 Å². The number of para-hydroxylation sites is 1. The molecule has 0 unspecified atom stereocenters. The predicted octanol–water partition coefficient (Wildman–Crippen LogP) is 4.36. The first-order valence-corrected chi connectivity index (χ1v) is 6.90. The van der Waals surface area contributed by atoms with Crippen molar-refractivity contribution in [2.45, 2.75) is 13.5 Å². The van der Waals surface area contributed by atoms with E-state index in [0.29, 0.717) is 23.9 Å². The summed E-state index contributed by atoms with van der Waals surface area (Å²) in [6.07, 6.45) is 0. The van der Waals surface area contributed by atoms with E-state index >= 15 is 0 Å². The highest BCUT2D eigenvalue weighted by Gasteiger charge is 2.04. The first-order valence-electron chi connectivity index (χ1n) is 6.52. The Kier molecular flexibility index (Phi) is 5.13. The van der Waals surface area contributed by atoms with Gasteiger partial charge in [0.2, 0.25) is 0 Å². The standard InChI is InChI=1S/C16H18ClNO2/c1-3-20-15-7-5-4-6-12(15)11-18-13-8-9-14(17)16(10-13)19-2/h4-10,18H,3,11H2,1-2H3. The molecule has 3 nitrogen and oxygen atoms in total. The molecule has 0 saturated heterocycles. The monoisotopic (exact) mass is 291 g/mol. The summed E-state index contributed by atoms with van der Waals surface area (Å²) in [4.78, 5) is 0. The molecule has 0 radical (unpaired) electrons. The number of anilines is 1. The van der Waals surface area contributed by atoms with Gasteiger partial charge in [-0.2, -0.15) is 0 Å². The molecule has 4 heteroatoms. The highest BCUT2D eigenvalue weighted by molar-refractivity contribution is 6.32. The van der Waals surface area contributed by atoms with E-state index in [0.717, 1.165) is 17.0 Å². The van der Waals surface area contributed by atoms with Gasteiger partial charge in [0.25, 0.3) is 0 Å². The Morgan fingerprint density at radius 1 is 1.10 bits per heavy atom. The summed E-state index contributed by atoms with van der Waals surface area (Å²) in [5.74, 6) is 1.57. The maximum absolute atomic E-state index is 6.01. The van der Waals surface area contributed by atoms with Crippen LogP contribution in [0.4, 0.5) is 5.69 Å². The van der Waals surface area contributed by atoms with Gasteiger partial charge in [-0.3, -0.25) is 0 Å². The molecule has 1 N–H and O–H groups in total. The van der Waals surface area contributed by atoms with Crippen LogP contribution in [0.15, 0.2) is 42.5 Å². The number of ether oxygens (including phenoxy) is 2. The molecule has 106 valence electrons. The fourth-order valence-corrected chi connectivity index (χ4v) is 2.11. The van der Waals surface area contributed by atoms with Gasteiger partial charge < -0.3 is 14.8 Å². The molecule has 0 aromatic heterocycles. The molecule has 0 aliphatic carbocycles. The Balaban J connectivity index is 2.09. The molecule has 0 heterocycles. The molecule has 0 aliphatic heterocycles. The molecule has 0 amide bonds. The molecule has 2 aromatic rings. The van der Waals surface area contributed by atoms with E-state index in [9.17, 15) is 0 Å². The summed E-state index contributed by atoms with van der Waals surface area (Å²) in [6.45, 7) is 3.32. The van der Waals surface area contributed by atoms with Crippen LogP contribution in [0.25, 0.3) is 0 Å². The fourth-order valence-electron chi connectivity index (χ4n) is 1.91. The Bertz CT molecular complexity index is 572. The molecule has 0 bridgehead atoms. The van der Waals surface area contributed by atoms with Crippen molar-refractivity contribution >= 4 is 17.3 Å². The van der Waals surface area contributed by atoms with Crippen molar-refractivity contribution in [3.05, 3.63) is 53.1 Å². The number of nitrogens with one attached hydrogen (secondary N) is 1. The van der Waals surface area contributed by atoms with E-state index in [1.54, 1.807) is 7.11 Å². The minimum absolute atomic E-state index is 0.604. The fraction of sp³-hybridized carbons (Fsp3) is 0.250. The van der Waals surface area contributed by atoms with Crippen LogP contribution in [-0.4, -0.2) is 13.7 Å². The number of benzene rings is 2. The van der Waals surface area contributed by atoms with E-state index in [2.05, 4.69) is 5.32 Å². The summed E-state index contributed by atoms with van der Waals surface area (Å²) in [6, 6.07) is 13.6. The number of hydrogen-bond donors (Lipinski definition) is 1. The van der Waals surface area contributed by atoms with Crippen molar-refractivity contribution in [3.8, 4) is 11.5 Å². The van der Waals surface area contributed by atoms with Crippen LogP contribution in [0.1, 0.15) is 12.5 Å². The van der Waals surface area contributed by atoms with Gasteiger partial charge in [0.05, 0.1) is 18.7 Å². The highest BCUT2D eigenvalue weighted by Crippen LogP contribution is 2.28. The third-order valence-corrected chi connectivity index (χ3v) is 3.22. The number of methoxy groups -OCH3 is 1. The molecule has 0 spiro atoms. The third kappa shape index (κ3) is 3.58. The SMILES string of the molecule is CCOc1ccccc1CNc1ccc(Cl)c(OC)c1. The number of halogens is 1. The van der Waals surface area contributed by atoms with E-state index in [4.69, 9.17) is 21.1 Å². The van der Waals surface area contributed by atoms with Gasteiger partial charge in [-0.05, 0) is 25.1 Å². The van der Waals surface area contributed by atoms with Gasteiger partial charge in [0.1, 0.15) is 11.5 Å².